The zero-order valence-electron chi connectivity index (χ0n) is 17.2. The summed E-state index contributed by atoms with van der Waals surface area (Å²) >= 11 is 12.5. The van der Waals surface area contributed by atoms with E-state index in [1.807, 2.05) is 60.7 Å². The zero-order valence-corrected chi connectivity index (χ0v) is 18.7. The molecule has 0 aliphatic rings. The minimum atomic E-state index is 0.260. The highest BCUT2D eigenvalue weighted by Crippen LogP contribution is 2.24. The Morgan fingerprint density at radius 1 is 0.933 bits per heavy atom. The average molecular weight is 438 g/mol. The lowest BCUT2D eigenvalue weighted by Gasteiger charge is -2.16. The maximum atomic E-state index is 6.27. The number of benzene rings is 3. The van der Waals surface area contributed by atoms with Crippen LogP contribution in [0.5, 0.6) is 5.75 Å². The van der Waals surface area contributed by atoms with Crippen LogP contribution in [-0.4, -0.2) is 19.7 Å². The number of hydrogen-bond acceptors (Lipinski definition) is 2. The molecule has 0 amide bonds. The van der Waals surface area contributed by atoms with E-state index in [4.69, 9.17) is 27.9 Å². The molecule has 0 fully saturated rings. The van der Waals surface area contributed by atoms with Crippen LogP contribution in [0.3, 0.4) is 0 Å². The summed E-state index contributed by atoms with van der Waals surface area (Å²) in [5, 5.41) is 4.99. The number of hydrogen-bond donors (Lipinski definition) is 1. The Labute approximate surface area is 189 Å². The molecule has 3 aromatic carbocycles. The summed E-state index contributed by atoms with van der Waals surface area (Å²) in [5.41, 5.74) is 4.16. The van der Waals surface area contributed by atoms with E-state index < -0.39 is 0 Å². The van der Waals surface area contributed by atoms with Crippen LogP contribution < -0.4 is 10.1 Å². The number of methoxy groups -OCH3 is 1. The van der Waals surface area contributed by atoms with Crippen LogP contribution in [0.4, 0.5) is 0 Å². The monoisotopic (exact) mass is 437 g/mol. The molecule has 0 aliphatic carbocycles. The maximum absolute atomic E-state index is 6.27. The minimum Gasteiger partial charge on any atom is -0.497 e. The van der Waals surface area contributed by atoms with Crippen molar-refractivity contribution in [1.29, 1.82) is 0 Å². The highest BCUT2D eigenvalue weighted by Gasteiger charge is 2.10. The van der Waals surface area contributed by atoms with Crippen molar-refractivity contribution in [3.05, 3.63) is 99.0 Å². The molecule has 0 bridgehead atoms. The van der Waals surface area contributed by atoms with Crippen LogP contribution in [0.25, 0.3) is 0 Å². The molecule has 0 aliphatic heterocycles. The lowest BCUT2D eigenvalue weighted by molar-refractivity contribution is 0.414. The third kappa shape index (κ3) is 6.28. The second-order valence-corrected chi connectivity index (χ2v) is 7.96. The van der Waals surface area contributed by atoms with Crippen molar-refractivity contribution in [2.45, 2.75) is 25.8 Å². The predicted octanol–water partition coefficient (Wildman–Crippen LogP) is 6.17. The Bertz CT molecular complexity index is 1020. The minimum absolute atomic E-state index is 0.260. The number of halogens is 2. The highest BCUT2D eigenvalue weighted by atomic mass is 35.5. The first-order chi connectivity index (χ1) is 14.6. The SMILES string of the molecule is COc1ccc(C#Cc2ccccc2)c(CC(C)NCCc2c(Cl)cccc2Cl)c1. The van der Waals surface area contributed by atoms with Gasteiger partial charge in [0.25, 0.3) is 0 Å². The van der Waals surface area contributed by atoms with E-state index in [0.29, 0.717) is 10.0 Å². The first-order valence-corrected chi connectivity index (χ1v) is 10.7. The van der Waals surface area contributed by atoms with E-state index in [9.17, 15) is 0 Å². The molecule has 4 heteroatoms. The Hall–Kier alpha value is -2.44. The second-order valence-electron chi connectivity index (χ2n) is 7.15. The van der Waals surface area contributed by atoms with Crippen LogP contribution in [0.1, 0.15) is 29.2 Å². The quantitative estimate of drug-likeness (QED) is 0.446. The molecular formula is C26H25Cl2NO. The van der Waals surface area contributed by atoms with Gasteiger partial charge in [-0.3, -0.25) is 0 Å². The summed E-state index contributed by atoms with van der Waals surface area (Å²) in [6.07, 6.45) is 1.62. The van der Waals surface area contributed by atoms with Crippen molar-refractivity contribution in [2.75, 3.05) is 13.7 Å². The molecular weight excluding hydrogens is 413 g/mol. The number of ether oxygens (including phenoxy) is 1. The summed E-state index contributed by atoms with van der Waals surface area (Å²) in [4.78, 5) is 0. The first-order valence-electron chi connectivity index (χ1n) is 9.97. The Morgan fingerprint density at radius 3 is 2.37 bits per heavy atom. The van der Waals surface area contributed by atoms with Crippen LogP contribution in [0.2, 0.25) is 10.0 Å². The molecule has 3 aromatic rings. The van der Waals surface area contributed by atoms with Crippen molar-refractivity contribution in [3.63, 3.8) is 0 Å². The van der Waals surface area contributed by atoms with E-state index >= 15 is 0 Å². The van der Waals surface area contributed by atoms with Gasteiger partial charge in [-0.15, -0.1) is 0 Å². The van der Waals surface area contributed by atoms with Crippen molar-refractivity contribution in [2.24, 2.45) is 0 Å². The third-order valence-corrected chi connectivity index (χ3v) is 5.59. The number of rotatable bonds is 7. The van der Waals surface area contributed by atoms with Gasteiger partial charge < -0.3 is 10.1 Å². The Morgan fingerprint density at radius 2 is 1.67 bits per heavy atom. The molecule has 1 N–H and O–H groups in total. The Balaban J connectivity index is 1.68. The van der Waals surface area contributed by atoms with Gasteiger partial charge >= 0.3 is 0 Å². The fourth-order valence-corrected chi connectivity index (χ4v) is 3.85. The summed E-state index contributed by atoms with van der Waals surface area (Å²) < 4.78 is 5.42. The van der Waals surface area contributed by atoms with Gasteiger partial charge in [-0.1, -0.05) is 59.3 Å². The summed E-state index contributed by atoms with van der Waals surface area (Å²) in [6.45, 7) is 2.96. The van der Waals surface area contributed by atoms with Gasteiger partial charge in [-0.25, -0.2) is 0 Å². The molecule has 1 atom stereocenters. The summed E-state index contributed by atoms with van der Waals surface area (Å²) in [5.74, 6) is 7.40. The molecule has 0 saturated heterocycles. The lowest BCUT2D eigenvalue weighted by atomic mass is 10.00. The van der Waals surface area contributed by atoms with Crippen molar-refractivity contribution >= 4 is 23.2 Å². The first kappa shape index (κ1) is 22.2. The van der Waals surface area contributed by atoms with Gasteiger partial charge in [0.05, 0.1) is 7.11 Å². The van der Waals surface area contributed by atoms with Crippen LogP contribution in [0, 0.1) is 11.8 Å². The van der Waals surface area contributed by atoms with Crippen LogP contribution in [-0.2, 0) is 12.8 Å². The van der Waals surface area contributed by atoms with E-state index in [1.165, 1.54) is 0 Å². The summed E-state index contributed by atoms with van der Waals surface area (Å²) in [6, 6.07) is 21.9. The average Bonchev–Trinajstić information content (AvgIpc) is 2.75. The molecule has 2 nitrogen and oxygen atoms in total. The van der Waals surface area contributed by atoms with Gasteiger partial charge in [0.2, 0.25) is 0 Å². The molecule has 3 rings (SSSR count). The molecule has 0 aromatic heterocycles. The van der Waals surface area contributed by atoms with E-state index in [2.05, 4.69) is 30.1 Å². The Kier molecular flexibility index (Phi) is 8.22. The standard InChI is InChI=1S/C26H25Cl2NO/c1-19(29-16-15-24-25(27)9-6-10-26(24)28)17-22-18-23(30-2)14-13-21(22)12-11-20-7-4-3-5-8-20/h3-10,13-14,18-19,29H,15-17H2,1-2H3. The van der Waals surface area contributed by atoms with Gasteiger partial charge in [-0.2, -0.15) is 0 Å². The van der Waals surface area contributed by atoms with Crippen molar-refractivity contribution in [3.8, 4) is 17.6 Å². The second kappa shape index (κ2) is 11.1. The van der Waals surface area contributed by atoms with Crippen LogP contribution >= 0.6 is 23.2 Å². The summed E-state index contributed by atoms with van der Waals surface area (Å²) in [7, 11) is 1.68. The molecule has 30 heavy (non-hydrogen) atoms. The predicted molar refractivity (Wildman–Crippen MR) is 127 cm³/mol. The van der Waals surface area contributed by atoms with E-state index in [-0.39, 0.29) is 6.04 Å². The van der Waals surface area contributed by atoms with E-state index in [0.717, 1.165) is 47.4 Å². The lowest BCUT2D eigenvalue weighted by Crippen LogP contribution is -2.30. The van der Waals surface area contributed by atoms with Crippen molar-refractivity contribution in [1.82, 2.24) is 5.32 Å². The topological polar surface area (TPSA) is 21.3 Å². The van der Waals surface area contributed by atoms with Gasteiger partial charge in [0.1, 0.15) is 5.75 Å². The van der Waals surface area contributed by atoms with Gasteiger partial charge in [-0.05, 0) is 79.9 Å². The molecule has 154 valence electrons. The highest BCUT2D eigenvalue weighted by molar-refractivity contribution is 6.35. The molecule has 0 radical (unpaired) electrons. The smallest absolute Gasteiger partial charge is 0.119 e. The molecule has 0 heterocycles. The fraction of sp³-hybridized carbons (Fsp3) is 0.231. The normalized spacial score (nSPS) is 11.5. The number of nitrogens with one attached hydrogen (secondary N) is 1. The van der Waals surface area contributed by atoms with Gasteiger partial charge in [0, 0.05) is 27.2 Å². The third-order valence-electron chi connectivity index (χ3n) is 4.88. The maximum Gasteiger partial charge on any atom is 0.119 e. The largest absolute Gasteiger partial charge is 0.497 e. The molecule has 0 saturated carbocycles. The van der Waals surface area contributed by atoms with Crippen LogP contribution in [0.15, 0.2) is 66.7 Å². The zero-order chi connectivity index (χ0) is 21.3. The van der Waals surface area contributed by atoms with E-state index in [1.54, 1.807) is 7.11 Å². The molecule has 0 spiro atoms. The molecule has 1 unspecified atom stereocenters. The fourth-order valence-electron chi connectivity index (χ4n) is 3.27. The van der Waals surface area contributed by atoms with Crippen molar-refractivity contribution < 1.29 is 4.74 Å². The van der Waals surface area contributed by atoms with Gasteiger partial charge in [0.15, 0.2) is 0 Å².